The molecule has 3 heteroatoms. The van der Waals surface area contributed by atoms with Crippen LogP contribution in [0.5, 0.6) is 0 Å². The highest BCUT2D eigenvalue weighted by molar-refractivity contribution is 7.98. The molecule has 2 N–H and O–H groups in total. The Bertz CT molecular complexity index is 538. The van der Waals surface area contributed by atoms with Crippen LogP contribution in [0.15, 0.2) is 41.6 Å². The normalized spacial score (nSPS) is 10.6. The molecule has 18 heavy (non-hydrogen) atoms. The zero-order chi connectivity index (χ0) is 13.0. The fraction of sp³-hybridized carbons (Fsp3) is 0.267. The maximum Gasteiger partial charge on any atom is 0.101 e. The largest absolute Gasteiger partial charge is 0.326 e. The van der Waals surface area contributed by atoms with E-state index in [0.29, 0.717) is 6.54 Å². The van der Waals surface area contributed by atoms with Crippen molar-refractivity contribution in [2.45, 2.75) is 31.2 Å². The van der Waals surface area contributed by atoms with Crippen LogP contribution in [0, 0.1) is 13.8 Å². The summed E-state index contributed by atoms with van der Waals surface area (Å²) >= 11 is 1.76. The molecule has 0 saturated carbocycles. The number of nitrogens with zero attached hydrogens (tertiary/aromatic N) is 1. The number of thioether (sulfide) groups is 1. The fourth-order valence-electron chi connectivity index (χ4n) is 1.85. The molecule has 2 nitrogen and oxygen atoms in total. The van der Waals surface area contributed by atoms with Gasteiger partial charge in [-0.3, -0.25) is 0 Å². The van der Waals surface area contributed by atoms with Gasteiger partial charge in [0.05, 0.1) is 0 Å². The zero-order valence-corrected chi connectivity index (χ0v) is 11.6. The fourth-order valence-corrected chi connectivity index (χ4v) is 3.02. The molecule has 1 aromatic heterocycles. The molecule has 0 aliphatic carbocycles. The lowest BCUT2D eigenvalue weighted by Crippen LogP contribution is -2.03. The Morgan fingerprint density at radius 1 is 1.11 bits per heavy atom. The van der Waals surface area contributed by atoms with E-state index in [1.165, 1.54) is 16.7 Å². The molecule has 0 radical (unpaired) electrons. The SMILES string of the molecule is Cc1ccccc1CSc1nccc(C)c1CN. The van der Waals surface area contributed by atoms with E-state index < -0.39 is 0 Å². The van der Waals surface area contributed by atoms with Crippen LogP contribution in [0.25, 0.3) is 0 Å². The van der Waals surface area contributed by atoms with Gasteiger partial charge in [-0.15, -0.1) is 11.8 Å². The van der Waals surface area contributed by atoms with Crippen molar-refractivity contribution in [2.75, 3.05) is 0 Å². The van der Waals surface area contributed by atoms with Gasteiger partial charge in [0.15, 0.2) is 0 Å². The maximum atomic E-state index is 5.80. The number of rotatable bonds is 4. The smallest absolute Gasteiger partial charge is 0.101 e. The van der Waals surface area contributed by atoms with E-state index in [-0.39, 0.29) is 0 Å². The summed E-state index contributed by atoms with van der Waals surface area (Å²) in [6.45, 7) is 4.78. The summed E-state index contributed by atoms with van der Waals surface area (Å²) in [5.41, 5.74) is 10.9. The summed E-state index contributed by atoms with van der Waals surface area (Å²) in [5, 5.41) is 1.06. The lowest BCUT2D eigenvalue weighted by Gasteiger charge is -2.10. The van der Waals surface area contributed by atoms with Crippen molar-refractivity contribution >= 4 is 11.8 Å². The highest BCUT2D eigenvalue weighted by Gasteiger charge is 2.07. The van der Waals surface area contributed by atoms with Gasteiger partial charge in [0.2, 0.25) is 0 Å². The average Bonchev–Trinajstić information content (AvgIpc) is 2.38. The molecule has 1 heterocycles. The lowest BCUT2D eigenvalue weighted by atomic mass is 10.1. The van der Waals surface area contributed by atoms with Crippen molar-refractivity contribution in [1.82, 2.24) is 4.98 Å². The predicted octanol–water partition coefficient (Wildman–Crippen LogP) is 3.45. The number of aryl methyl sites for hydroxylation is 2. The van der Waals surface area contributed by atoms with E-state index in [4.69, 9.17) is 5.73 Å². The van der Waals surface area contributed by atoms with Crippen LogP contribution in [0.2, 0.25) is 0 Å². The molecule has 0 amide bonds. The molecule has 1 aromatic carbocycles. The second-order valence-electron chi connectivity index (χ2n) is 4.33. The first-order valence-corrected chi connectivity index (χ1v) is 7.02. The maximum absolute atomic E-state index is 5.80. The third kappa shape index (κ3) is 2.92. The van der Waals surface area contributed by atoms with Gasteiger partial charge < -0.3 is 5.73 Å². The molecular formula is C15H18N2S. The van der Waals surface area contributed by atoms with Crippen LogP contribution >= 0.6 is 11.8 Å². The topological polar surface area (TPSA) is 38.9 Å². The molecule has 0 atom stereocenters. The van der Waals surface area contributed by atoms with Crippen molar-refractivity contribution < 1.29 is 0 Å². The summed E-state index contributed by atoms with van der Waals surface area (Å²) in [6.07, 6.45) is 1.86. The van der Waals surface area contributed by atoms with Gasteiger partial charge in [-0.1, -0.05) is 24.3 Å². The van der Waals surface area contributed by atoms with Crippen LogP contribution in [-0.2, 0) is 12.3 Å². The molecule has 0 bridgehead atoms. The minimum absolute atomic E-state index is 0.551. The molecule has 0 aliphatic rings. The third-order valence-corrected chi connectivity index (χ3v) is 4.16. The van der Waals surface area contributed by atoms with Gasteiger partial charge in [0.1, 0.15) is 5.03 Å². The first-order chi connectivity index (χ1) is 8.72. The Balaban J connectivity index is 2.16. The van der Waals surface area contributed by atoms with Crippen molar-refractivity contribution in [3.63, 3.8) is 0 Å². The van der Waals surface area contributed by atoms with Gasteiger partial charge in [0.25, 0.3) is 0 Å². The van der Waals surface area contributed by atoms with Gasteiger partial charge in [-0.25, -0.2) is 4.98 Å². The van der Waals surface area contributed by atoms with E-state index in [1.807, 2.05) is 12.3 Å². The molecule has 94 valence electrons. The van der Waals surface area contributed by atoms with Crippen molar-refractivity contribution in [3.8, 4) is 0 Å². The number of nitrogens with two attached hydrogens (primary N) is 1. The van der Waals surface area contributed by atoms with Crippen LogP contribution in [0.1, 0.15) is 22.3 Å². The zero-order valence-electron chi connectivity index (χ0n) is 10.8. The van der Waals surface area contributed by atoms with Crippen molar-refractivity contribution in [3.05, 3.63) is 58.8 Å². The monoisotopic (exact) mass is 258 g/mol. The molecule has 0 unspecified atom stereocenters. The van der Waals surface area contributed by atoms with Crippen molar-refractivity contribution in [1.29, 1.82) is 0 Å². The van der Waals surface area contributed by atoms with E-state index in [0.717, 1.165) is 16.3 Å². The van der Waals surface area contributed by atoms with E-state index in [9.17, 15) is 0 Å². The molecule has 0 fully saturated rings. The first-order valence-electron chi connectivity index (χ1n) is 6.04. The lowest BCUT2D eigenvalue weighted by molar-refractivity contribution is 0.942. The van der Waals surface area contributed by atoms with Gasteiger partial charge in [-0.05, 0) is 36.6 Å². The number of benzene rings is 1. The minimum atomic E-state index is 0.551. The Hall–Kier alpha value is -1.32. The minimum Gasteiger partial charge on any atom is -0.326 e. The first kappa shape index (κ1) is 13.1. The standard InChI is InChI=1S/C15H18N2S/c1-11-5-3-4-6-13(11)10-18-15-14(9-16)12(2)7-8-17-15/h3-8H,9-10,16H2,1-2H3. The van der Waals surface area contributed by atoms with E-state index in [2.05, 4.69) is 43.1 Å². The molecular weight excluding hydrogens is 240 g/mol. The summed E-state index contributed by atoms with van der Waals surface area (Å²) in [7, 11) is 0. The predicted molar refractivity (Wildman–Crippen MR) is 77.6 cm³/mol. The van der Waals surface area contributed by atoms with Crippen LogP contribution < -0.4 is 5.73 Å². The van der Waals surface area contributed by atoms with Crippen LogP contribution in [0.3, 0.4) is 0 Å². The summed E-state index contributed by atoms with van der Waals surface area (Å²) < 4.78 is 0. The van der Waals surface area contributed by atoms with Gasteiger partial charge >= 0.3 is 0 Å². The van der Waals surface area contributed by atoms with Gasteiger partial charge in [-0.2, -0.15) is 0 Å². The average molecular weight is 258 g/mol. The Kier molecular flexibility index (Phi) is 4.39. The van der Waals surface area contributed by atoms with Crippen molar-refractivity contribution in [2.24, 2.45) is 5.73 Å². The molecule has 2 rings (SSSR count). The van der Waals surface area contributed by atoms with E-state index in [1.54, 1.807) is 11.8 Å². The number of aromatic nitrogens is 1. The number of hydrogen-bond donors (Lipinski definition) is 1. The number of hydrogen-bond acceptors (Lipinski definition) is 3. The van der Waals surface area contributed by atoms with Crippen LogP contribution in [0.4, 0.5) is 0 Å². The molecule has 0 aliphatic heterocycles. The molecule has 0 spiro atoms. The number of pyridine rings is 1. The second kappa shape index (κ2) is 6.03. The highest BCUT2D eigenvalue weighted by Crippen LogP contribution is 2.26. The quantitative estimate of drug-likeness (QED) is 0.854. The summed E-state index contributed by atoms with van der Waals surface area (Å²) in [5.74, 6) is 0.941. The summed E-state index contributed by atoms with van der Waals surface area (Å²) in [4.78, 5) is 4.44. The molecule has 2 aromatic rings. The Morgan fingerprint density at radius 3 is 2.61 bits per heavy atom. The van der Waals surface area contributed by atoms with E-state index >= 15 is 0 Å². The highest BCUT2D eigenvalue weighted by atomic mass is 32.2. The summed E-state index contributed by atoms with van der Waals surface area (Å²) in [6, 6.07) is 10.5. The van der Waals surface area contributed by atoms with Gasteiger partial charge in [0, 0.05) is 24.1 Å². The Labute approximate surface area is 113 Å². The molecule has 0 saturated heterocycles. The Morgan fingerprint density at radius 2 is 1.89 bits per heavy atom. The van der Waals surface area contributed by atoms with Crippen LogP contribution in [-0.4, -0.2) is 4.98 Å². The second-order valence-corrected chi connectivity index (χ2v) is 5.29. The third-order valence-electron chi connectivity index (χ3n) is 3.08.